The number of methoxy groups -OCH3 is 1. The van der Waals surface area contributed by atoms with Crippen molar-refractivity contribution in [1.29, 1.82) is 0 Å². The van der Waals surface area contributed by atoms with E-state index in [1.807, 2.05) is 0 Å². The molecule has 0 aromatic heterocycles. The monoisotopic (exact) mass is 242 g/mol. The van der Waals surface area contributed by atoms with Crippen LogP contribution in [0.5, 0.6) is 0 Å². The second kappa shape index (κ2) is 3.58. The molecule has 0 spiro atoms. The molecule has 12 heavy (non-hydrogen) atoms. The first kappa shape index (κ1) is 10.4. The Morgan fingerprint density at radius 1 is 1.42 bits per heavy atom. The molecular formula is C8H13BrF2O. The molecule has 0 heterocycles. The van der Waals surface area contributed by atoms with Crippen molar-refractivity contribution < 1.29 is 13.5 Å². The molecule has 1 saturated carbocycles. The van der Waals surface area contributed by atoms with Gasteiger partial charge in [-0.05, 0) is 6.42 Å². The number of hydrogen-bond donors (Lipinski definition) is 0. The molecule has 0 bridgehead atoms. The van der Waals surface area contributed by atoms with Gasteiger partial charge in [-0.3, -0.25) is 0 Å². The van der Waals surface area contributed by atoms with Gasteiger partial charge in [-0.1, -0.05) is 15.9 Å². The van der Waals surface area contributed by atoms with Crippen molar-refractivity contribution in [1.82, 2.24) is 0 Å². The van der Waals surface area contributed by atoms with Gasteiger partial charge >= 0.3 is 0 Å². The van der Waals surface area contributed by atoms with Gasteiger partial charge in [0.2, 0.25) is 5.92 Å². The van der Waals surface area contributed by atoms with Crippen molar-refractivity contribution in [3.63, 3.8) is 0 Å². The lowest BCUT2D eigenvalue weighted by Crippen LogP contribution is -2.27. The molecule has 0 aliphatic heterocycles. The third-order valence-electron chi connectivity index (χ3n) is 2.39. The zero-order valence-electron chi connectivity index (χ0n) is 7.08. The molecule has 1 rings (SSSR count). The summed E-state index contributed by atoms with van der Waals surface area (Å²) in [5.41, 5.74) is -0.335. The molecule has 1 aliphatic carbocycles. The van der Waals surface area contributed by atoms with E-state index in [1.54, 1.807) is 7.11 Å². The lowest BCUT2D eigenvalue weighted by molar-refractivity contribution is -0.0113. The highest BCUT2D eigenvalue weighted by atomic mass is 79.9. The van der Waals surface area contributed by atoms with Gasteiger partial charge < -0.3 is 4.74 Å². The maximum absolute atomic E-state index is 12.9. The van der Waals surface area contributed by atoms with Crippen molar-refractivity contribution in [2.45, 2.75) is 25.2 Å². The van der Waals surface area contributed by atoms with E-state index in [-0.39, 0.29) is 18.3 Å². The maximum Gasteiger partial charge on any atom is 0.248 e. The Hall–Kier alpha value is 0.300. The van der Waals surface area contributed by atoms with Gasteiger partial charge in [0.15, 0.2) is 0 Å². The minimum Gasteiger partial charge on any atom is -0.384 e. The second-order valence-corrected chi connectivity index (χ2v) is 4.16. The van der Waals surface area contributed by atoms with Crippen LogP contribution in [0.25, 0.3) is 0 Å². The van der Waals surface area contributed by atoms with Gasteiger partial charge in [-0.25, -0.2) is 8.78 Å². The van der Waals surface area contributed by atoms with E-state index in [2.05, 4.69) is 15.9 Å². The van der Waals surface area contributed by atoms with Gasteiger partial charge in [0, 0.05) is 30.7 Å². The fraction of sp³-hybridized carbons (Fsp3) is 1.00. The Bertz CT molecular complexity index is 163. The van der Waals surface area contributed by atoms with Crippen molar-refractivity contribution >= 4 is 15.9 Å². The Labute approximate surface area is 79.6 Å². The van der Waals surface area contributed by atoms with Gasteiger partial charge in [-0.2, -0.15) is 0 Å². The summed E-state index contributed by atoms with van der Waals surface area (Å²) in [5, 5.41) is 0.601. The molecule has 1 nitrogen and oxygen atoms in total. The van der Waals surface area contributed by atoms with Crippen LogP contribution >= 0.6 is 15.9 Å². The highest BCUT2D eigenvalue weighted by Gasteiger charge is 2.48. The molecule has 1 atom stereocenters. The average Bonchev–Trinajstić information content (AvgIpc) is 2.29. The second-order valence-electron chi connectivity index (χ2n) is 3.60. The van der Waals surface area contributed by atoms with E-state index in [9.17, 15) is 8.78 Å². The zero-order valence-corrected chi connectivity index (χ0v) is 8.66. The van der Waals surface area contributed by atoms with Crippen LogP contribution in [0, 0.1) is 5.41 Å². The minimum absolute atomic E-state index is 0.00194. The molecule has 1 aliphatic rings. The van der Waals surface area contributed by atoms with Gasteiger partial charge in [0.05, 0.1) is 6.61 Å². The van der Waals surface area contributed by atoms with Crippen LogP contribution in [0.3, 0.4) is 0 Å². The van der Waals surface area contributed by atoms with Crippen molar-refractivity contribution in [2.24, 2.45) is 5.41 Å². The first-order valence-corrected chi connectivity index (χ1v) is 5.08. The lowest BCUT2D eigenvalue weighted by atomic mass is 9.90. The zero-order chi connectivity index (χ0) is 9.24. The number of halogens is 3. The van der Waals surface area contributed by atoms with Crippen molar-refractivity contribution in [3.8, 4) is 0 Å². The maximum atomic E-state index is 12.9. The van der Waals surface area contributed by atoms with Crippen LogP contribution in [-0.2, 0) is 4.74 Å². The Balaban J connectivity index is 2.59. The molecule has 0 aromatic carbocycles. The largest absolute Gasteiger partial charge is 0.384 e. The smallest absolute Gasteiger partial charge is 0.248 e. The van der Waals surface area contributed by atoms with E-state index in [4.69, 9.17) is 4.74 Å². The topological polar surface area (TPSA) is 9.23 Å². The average molecular weight is 243 g/mol. The Kier molecular flexibility index (Phi) is 3.10. The van der Waals surface area contributed by atoms with Crippen LogP contribution in [0.15, 0.2) is 0 Å². The molecule has 0 aromatic rings. The van der Waals surface area contributed by atoms with Crippen molar-refractivity contribution in [3.05, 3.63) is 0 Å². The summed E-state index contributed by atoms with van der Waals surface area (Å²) in [7, 11) is 1.56. The van der Waals surface area contributed by atoms with E-state index < -0.39 is 5.92 Å². The number of hydrogen-bond acceptors (Lipinski definition) is 1. The number of alkyl halides is 3. The Morgan fingerprint density at radius 2 is 2.08 bits per heavy atom. The first-order chi connectivity index (χ1) is 5.54. The van der Waals surface area contributed by atoms with Gasteiger partial charge in [0.25, 0.3) is 0 Å². The summed E-state index contributed by atoms with van der Waals surface area (Å²) >= 11 is 3.27. The van der Waals surface area contributed by atoms with E-state index in [0.29, 0.717) is 18.4 Å². The fourth-order valence-electron chi connectivity index (χ4n) is 1.76. The van der Waals surface area contributed by atoms with Crippen LogP contribution in [0.1, 0.15) is 19.3 Å². The minimum atomic E-state index is -2.48. The quantitative estimate of drug-likeness (QED) is 0.692. The number of ether oxygens (including phenoxy) is 1. The normalized spacial score (nSPS) is 34.0. The van der Waals surface area contributed by atoms with Crippen LogP contribution in [0.2, 0.25) is 0 Å². The molecular weight excluding hydrogens is 230 g/mol. The summed E-state index contributed by atoms with van der Waals surface area (Å²) in [6.07, 6.45) is 0.514. The lowest BCUT2D eigenvalue weighted by Gasteiger charge is -2.25. The SMILES string of the molecule is COCC1(CBr)CCC(F)(F)C1. The fourth-order valence-corrected chi connectivity index (χ4v) is 2.40. The molecule has 4 heteroatoms. The van der Waals surface area contributed by atoms with Crippen LogP contribution in [-0.4, -0.2) is 25.0 Å². The van der Waals surface area contributed by atoms with Gasteiger partial charge in [0.1, 0.15) is 0 Å². The predicted molar refractivity (Wildman–Crippen MR) is 46.9 cm³/mol. The molecule has 1 fully saturated rings. The summed E-state index contributed by atoms with van der Waals surface area (Å²) < 4.78 is 30.7. The standard InChI is InChI=1S/C8H13BrF2O/c1-12-6-7(5-9)2-3-8(10,11)4-7/h2-6H2,1H3. The molecule has 0 amide bonds. The molecule has 1 unspecified atom stereocenters. The van der Waals surface area contributed by atoms with Crippen molar-refractivity contribution in [2.75, 3.05) is 19.0 Å². The van der Waals surface area contributed by atoms with E-state index in [1.165, 1.54) is 0 Å². The first-order valence-electron chi connectivity index (χ1n) is 3.96. The summed E-state index contributed by atoms with van der Waals surface area (Å²) in [6, 6.07) is 0. The molecule has 0 N–H and O–H groups in total. The van der Waals surface area contributed by atoms with E-state index >= 15 is 0 Å². The Morgan fingerprint density at radius 3 is 2.42 bits per heavy atom. The van der Waals surface area contributed by atoms with Crippen LogP contribution < -0.4 is 0 Å². The summed E-state index contributed by atoms with van der Waals surface area (Å²) in [4.78, 5) is 0. The molecule has 0 radical (unpaired) electrons. The van der Waals surface area contributed by atoms with E-state index in [0.717, 1.165) is 0 Å². The molecule has 0 saturated heterocycles. The van der Waals surface area contributed by atoms with Gasteiger partial charge in [-0.15, -0.1) is 0 Å². The third kappa shape index (κ3) is 2.16. The predicted octanol–water partition coefficient (Wildman–Crippen LogP) is 2.83. The third-order valence-corrected chi connectivity index (χ3v) is 3.58. The highest BCUT2D eigenvalue weighted by Crippen LogP contribution is 2.48. The summed E-state index contributed by atoms with van der Waals surface area (Å²) in [5.74, 6) is -2.48. The highest BCUT2D eigenvalue weighted by molar-refractivity contribution is 9.09. The molecule has 72 valence electrons. The number of rotatable bonds is 3. The summed E-state index contributed by atoms with van der Waals surface area (Å²) in [6.45, 7) is 0.424. The van der Waals surface area contributed by atoms with Crippen LogP contribution in [0.4, 0.5) is 8.78 Å².